The van der Waals surface area contributed by atoms with E-state index in [2.05, 4.69) is 10.3 Å². The number of carbonyl (C=O) groups is 1. The van der Waals surface area contributed by atoms with E-state index in [0.29, 0.717) is 27.9 Å². The molecular weight excluding hydrogens is 408 g/mol. The van der Waals surface area contributed by atoms with Crippen molar-refractivity contribution in [3.8, 4) is 17.2 Å². The number of benzene rings is 3. The molecule has 1 heterocycles. The van der Waals surface area contributed by atoms with Gasteiger partial charge in [0.05, 0.1) is 12.9 Å². The number of methoxy groups -OCH3 is 1. The van der Waals surface area contributed by atoms with Crippen LogP contribution in [0.2, 0.25) is 5.02 Å². The summed E-state index contributed by atoms with van der Waals surface area (Å²) in [7, 11) is 1.61. The van der Waals surface area contributed by atoms with Gasteiger partial charge >= 0.3 is 0 Å². The molecule has 0 fully saturated rings. The molecule has 0 unspecified atom stereocenters. The minimum absolute atomic E-state index is 0.0772. The first kappa shape index (κ1) is 19.4. The largest absolute Gasteiger partial charge is 0.497 e. The van der Waals surface area contributed by atoms with E-state index in [-0.39, 0.29) is 5.91 Å². The number of nitrogens with zero attached hydrogens (tertiary/aromatic N) is 1. The van der Waals surface area contributed by atoms with E-state index in [4.69, 9.17) is 20.8 Å². The first-order valence-corrected chi connectivity index (χ1v) is 10.2. The molecule has 0 radical (unpaired) electrons. The second-order valence-electron chi connectivity index (χ2n) is 6.22. The van der Waals surface area contributed by atoms with Crippen LogP contribution >= 0.6 is 23.4 Å². The van der Waals surface area contributed by atoms with E-state index in [1.54, 1.807) is 7.11 Å². The lowest BCUT2D eigenvalue weighted by Gasteiger charge is -2.06. The average Bonchev–Trinajstić information content (AvgIpc) is 3.17. The fraction of sp³-hybridized carbons (Fsp3) is 0.0909. The minimum atomic E-state index is -0.0772. The van der Waals surface area contributed by atoms with Crippen LogP contribution in [0.15, 0.2) is 76.0 Å². The molecule has 1 aromatic heterocycles. The Morgan fingerprint density at radius 1 is 1.10 bits per heavy atom. The van der Waals surface area contributed by atoms with Crippen molar-refractivity contribution in [3.05, 3.63) is 71.8 Å². The number of fused-ring (bicyclic) bond motifs is 1. The summed E-state index contributed by atoms with van der Waals surface area (Å²) in [6.45, 7) is 0. The number of thioether (sulfide) groups is 1. The second-order valence-corrected chi connectivity index (χ2v) is 7.71. The molecule has 1 N–H and O–H groups in total. The van der Waals surface area contributed by atoms with Gasteiger partial charge in [-0.15, -0.1) is 11.8 Å². The van der Waals surface area contributed by atoms with Crippen molar-refractivity contribution in [2.75, 3.05) is 18.2 Å². The molecule has 0 atom stereocenters. The number of amides is 1. The average molecular weight is 425 g/mol. The van der Waals surface area contributed by atoms with Crippen molar-refractivity contribution < 1.29 is 13.9 Å². The molecule has 29 heavy (non-hydrogen) atoms. The van der Waals surface area contributed by atoms with Gasteiger partial charge in [0.1, 0.15) is 11.3 Å². The van der Waals surface area contributed by atoms with Gasteiger partial charge in [0.15, 0.2) is 5.58 Å². The molecule has 146 valence electrons. The number of rotatable bonds is 6. The van der Waals surface area contributed by atoms with E-state index in [9.17, 15) is 4.79 Å². The molecule has 4 rings (SSSR count). The van der Waals surface area contributed by atoms with Crippen molar-refractivity contribution >= 4 is 46.1 Å². The predicted octanol–water partition coefficient (Wildman–Crippen LogP) is 5.89. The highest BCUT2D eigenvalue weighted by atomic mass is 35.5. The number of hydrogen-bond acceptors (Lipinski definition) is 5. The summed E-state index contributed by atoms with van der Waals surface area (Å²) in [5.74, 6) is 1.49. The lowest BCUT2D eigenvalue weighted by Crippen LogP contribution is -2.13. The lowest BCUT2D eigenvalue weighted by atomic mass is 10.2. The third kappa shape index (κ3) is 4.72. The molecule has 3 aromatic carbocycles. The lowest BCUT2D eigenvalue weighted by molar-refractivity contribution is -0.113. The molecule has 4 aromatic rings. The van der Waals surface area contributed by atoms with Crippen LogP contribution in [0, 0.1) is 0 Å². The highest BCUT2D eigenvalue weighted by molar-refractivity contribution is 8.00. The monoisotopic (exact) mass is 424 g/mol. The molecule has 0 saturated heterocycles. The van der Waals surface area contributed by atoms with Gasteiger partial charge < -0.3 is 14.5 Å². The van der Waals surface area contributed by atoms with Crippen molar-refractivity contribution in [3.63, 3.8) is 0 Å². The fourth-order valence-electron chi connectivity index (χ4n) is 2.73. The molecule has 0 aliphatic heterocycles. The van der Waals surface area contributed by atoms with Crippen molar-refractivity contribution in [2.45, 2.75) is 4.90 Å². The fourth-order valence-corrected chi connectivity index (χ4v) is 3.56. The third-order valence-corrected chi connectivity index (χ3v) is 5.46. The van der Waals surface area contributed by atoms with Crippen molar-refractivity contribution in [1.82, 2.24) is 4.98 Å². The summed E-state index contributed by atoms with van der Waals surface area (Å²) in [5, 5.41) is 3.57. The minimum Gasteiger partial charge on any atom is -0.497 e. The van der Waals surface area contributed by atoms with E-state index < -0.39 is 0 Å². The van der Waals surface area contributed by atoms with Crippen LogP contribution < -0.4 is 10.1 Å². The van der Waals surface area contributed by atoms with E-state index in [0.717, 1.165) is 21.7 Å². The smallest absolute Gasteiger partial charge is 0.234 e. The zero-order valence-electron chi connectivity index (χ0n) is 15.5. The number of ether oxygens (including phenoxy) is 1. The van der Waals surface area contributed by atoms with Gasteiger partial charge in [0.25, 0.3) is 0 Å². The topological polar surface area (TPSA) is 64.4 Å². The zero-order valence-corrected chi connectivity index (χ0v) is 17.1. The van der Waals surface area contributed by atoms with E-state index in [1.807, 2.05) is 66.7 Å². The number of oxazole rings is 1. The van der Waals surface area contributed by atoms with E-state index >= 15 is 0 Å². The van der Waals surface area contributed by atoms with Gasteiger partial charge in [-0.25, -0.2) is 4.98 Å². The molecule has 0 spiro atoms. The summed E-state index contributed by atoms with van der Waals surface area (Å²) < 4.78 is 11.0. The molecule has 0 saturated carbocycles. The van der Waals surface area contributed by atoms with Gasteiger partial charge in [-0.2, -0.15) is 0 Å². The van der Waals surface area contributed by atoms with Gasteiger partial charge in [0.2, 0.25) is 11.8 Å². The summed E-state index contributed by atoms with van der Waals surface area (Å²) in [4.78, 5) is 17.7. The van der Waals surface area contributed by atoms with Crippen LogP contribution in [0.5, 0.6) is 5.75 Å². The van der Waals surface area contributed by atoms with Gasteiger partial charge in [-0.3, -0.25) is 4.79 Å². The molecule has 5 nitrogen and oxygen atoms in total. The summed E-state index contributed by atoms with van der Waals surface area (Å²) in [6, 6.07) is 20.3. The van der Waals surface area contributed by atoms with Gasteiger partial charge in [0, 0.05) is 27.2 Å². The van der Waals surface area contributed by atoms with Crippen molar-refractivity contribution in [1.29, 1.82) is 0 Å². The highest BCUT2D eigenvalue weighted by Gasteiger charge is 2.10. The standard InChI is InChI=1S/C22H17ClN2O3S/c1-27-17-8-11-20-19(12-17)25-22(28-20)14-2-6-16(7-3-14)24-21(26)13-29-18-9-4-15(23)5-10-18/h2-12H,13H2,1H3,(H,24,26). The summed E-state index contributed by atoms with van der Waals surface area (Å²) >= 11 is 7.33. The Bertz CT molecular complexity index is 1140. The number of aromatic nitrogens is 1. The molecule has 7 heteroatoms. The van der Waals surface area contributed by atoms with Crippen LogP contribution in [0.25, 0.3) is 22.6 Å². The maximum Gasteiger partial charge on any atom is 0.234 e. The number of halogens is 1. The van der Waals surface area contributed by atoms with Crippen LogP contribution in [0.4, 0.5) is 5.69 Å². The molecule has 0 aliphatic rings. The molecule has 1 amide bonds. The predicted molar refractivity (Wildman–Crippen MR) is 117 cm³/mol. The first-order chi connectivity index (χ1) is 14.1. The Hall–Kier alpha value is -2.96. The summed E-state index contributed by atoms with van der Waals surface area (Å²) in [6.07, 6.45) is 0. The molecule has 0 bridgehead atoms. The van der Waals surface area contributed by atoms with Crippen molar-refractivity contribution in [2.24, 2.45) is 0 Å². The maximum absolute atomic E-state index is 12.2. The number of carbonyl (C=O) groups excluding carboxylic acids is 1. The highest BCUT2D eigenvalue weighted by Crippen LogP contribution is 2.28. The van der Waals surface area contributed by atoms with Crippen LogP contribution in [0.1, 0.15) is 0 Å². The second kappa shape index (κ2) is 8.59. The molecule has 0 aliphatic carbocycles. The Morgan fingerprint density at radius 3 is 2.59 bits per heavy atom. The number of hydrogen-bond donors (Lipinski definition) is 1. The first-order valence-electron chi connectivity index (χ1n) is 8.84. The van der Waals surface area contributed by atoms with E-state index in [1.165, 1.54) is 11.8 Å². The Labute approximate surface area is 177 Å². The SMILES string of the molecule is COc1ccc2oc(-c3ccc(NC(=O)CSc4ccc(Cl)cc4)cc3)nc2c1. The van der Waals surface area contributed by atoms with Gasteiger partial charge in [-0.1, -0.05) is 11.6 Å². The maximum atomic E-state index is 12.2. The van der Waals surface area contributed by atoms with Crippen LogP contribution in [-0.4, -0.2) is 23.8 Å². The third-order valence-electron chi connectivity index (χ3n) is 4.19. The summed E-state index contributed by atoms with van der Waals surface area (Å²) in [5.41, 5.74) is 2.97. The Balaban J connectivity index is 1.39. The molecular formula is C22H17ClN2O3S. The van der Waals surface area contributed by atoms with Crippen LogP contribution in [-0.2, 0) is 4.79 Å². The Kier molecular flexibility index (Phi) is 5.74. The number of anilines is 1. The quantitative estimate of drug-likeness (QED) is 0.391. The normalized spacial score (nSPS) is 10.8. The van der Waals surface area contributed by atoms with Gasteiger partial charge in [-0.05, 0) is 60.7 Å². The zero-order chi connectivity index (χ0) is 20.2. The van der Waals surface area contributed by atoms with Crippen LogP contribution in [0.3, 0.4) is 0 Å². The Morgan fingerprint density at radius 2 is 1.86 bits per heavy atom. The number of nitrogens with one attached hydrogen (secondary N) is 1.